The van der Waals surface area contributed by atoms with E-state index < -0.39 is 0 Å². The zero-order valence-corrected chi connectivity index (χ0v) is 16.9. The smallest absolute Gasteiger partial charge is 0.237 e. The molecule has 0 saturated carbocycles. The van der Waals surface area contributed by atoms with Gasteiger partial charge in [0.2, 0.25) is 5.91 Å². The standard InChI is InChI=1S/C22H27N5O2/c1-15(2)22-24-10-6-21(25-22)26-11-7-16(8-12-26)29-19-5-3-4-18-17(19)9-13-27(18)14-20(23)28/h3-6,9-10,13,15-16H,7-8,11-12,14H2,1-2H3,(H2,23,28). The molecule has 7 heteroatoms. The van der Waals surface area contributed by atoms with Gasteiger partial charge in [-0.15, -0.1) is 0 Å². The summed E-state index contributed by atoms with van der Waals surface area (Å²) in [6.07, 6.45) is 5.74. The molecule has 0 aliphatic carbocycles. The highest BCUT2D eigenvalue weighted by molar-refractivity contribution is 5.87. The average molecular weight is 393 g/mol. The maximum atomic E-state index is 11.3. The number of hydrogen-bond acceptors (Lipinski definition) is 5. The molecule has 3 aromatic rings. The molecule has 1 fully saturated rings. The van der Waals surface area contributed by atoms with Gasteiger partial charge in [0, 0.05) is 49.6 Å². The summed E-state index contributed by atoms with van der Waals surface area (Å²) in [5, 5.41) is 1.01. The van der Waals surface area contributed by atoms with Crippen LogP contribution in [0.1, 0.15) is 38.4 Å². The van der Waals surface area contributed by atoms with E-state index in [2.05, 4.69) is 23.7 Å². The minimum atomic E-state index is -0.355. The van der Waals surface area contributed by atoms with E-state index in [1.54, 1.807) is 0 Å². The molecule has 7 nitrogen and oxygen atoms in total. The van der Waals surface area contributed by atoms with Crippen molar-refractivity contribution in [3.05, 3.63) is 48.5 Å². The third kappa shape index (κ3) is 4.18. The molecule has 152 valence electrons. The van der Waals surface area contributed by atoms with Gasteiger partial charge in [-0.3, -0.25) is 4.79 Å². The number of aromatic nitrogens is 3. The highest BCUT2D eigenvalue weighted by Crippen LogP contribution is 2.30. The molecular formula is C22H27N5O2. The number of carbonyl (C=O) groups excluding carboxylic acids is 1. The molecule has 0 radical (unpaired) electrons. The van der Waals surface area contributed by atoms with Crippen LogP contribution < -0.4 is 15.4 Å². The topological polar surface area (TPSA) is 86.3 Å². The Morgan fingerprint density at radius 1 is 1.24 bits per heavy atom. The normalized spacial score (nSPS) is 15.2. The van der Waals surface area contributed by atoms with E-state index in [1.807, 2.05) is 47.3 Å². The predicted molar refractivity (Wildman–Crippen MR) is 113 cm³/mol. The molecule has 1 amide bonds. The SMILES string of the molecule is CC(C)c1nccc(N2CCC(Oc3cccc4c3ccn4CC(N)=O)CC2)n1. The summed E-state index contributed by atoms with van der Waals surface area (Å²) in [5.74, 6) is 2.69. The van der Waals surface area contributed by atoms with Gasteiger partial charge in [0.25, 0.3) is 0 Å². The Kier molecular flexibility index (Phi) is 5.38. The summed E-state index contributed by atoms with van der Waals surface area (Å²) >= 11 is 0. The van der Waals surface area contributed by atoms with Gasteiger partial charge in [0.1, 0.15) is 30.0 Å². The largest absolute Gasteiger partial charge is 0.490 e. The molecule has 1 aliphatic rings. The van der Waals surface area contributed by atoms with Crippen LogP contribution in [0, 0.1) is 0 Å². The van der Waals surface area contributed by atoms with Crippen LogP contribution in [0.3, 0.4) is 0 Å². The van der Waals surface area contributed by atoms with E-state index in [9.17, 15) is 4.79 Å². The van der Waals surface area contributed by atoms with Crippen molar-refractivity contribution in [2.24, 2.45) is 5.73 Å². The summed E-state index contributed by atoms with van der Waals surface area (Å²) in [5.41, 5.74) is 6.30. The molecule has 1 aliphatic heterocycles. The molecule has 3 heterocycles. The van der Waals surface area contributed by atoms with Gasteiger partial charge in [0.15, 0.2) is 0 Å². The van der Waals surface area contributed by atoms with Gasteiger partial charge in [-0.2, -0.15) is 0 Å². The maximum Gasteiger partial charge on any atom is 0.237 e. The number of benzene rings is 1. The van der Waals surface area contributed by atoms with Crippen LogP contribution in [0.25, 0.3) is 10.9 Å². The number of nitrogens with two attached hydrogens (primary N) is 1. The zero-order chi connectivity index (χ0) is 20.4. The second-order valence-electron chi connectivity index (χ2n) is 7.83. The molecule has 0 bridgehead atoms. The lowest BCUT2D eigenvalue weighted by Gasteiger charge is -2.33. The third-order valence-electron chi connectivity index (χ3n) is 5.34. The summed E-state index contributed by atoms with van der Waals surface area (Å²) in [6, 6.07) is 9.89. The van der Waals surface area contributed by atoms with Gasteiger partial charge in [0.05, 0.1) is 5.52 Å². The predicted octanol–water partition coefficient (Wildman–Crippen LogP) is 3.09. The lowest BCUT2D eigenvalue weighted by atomic mass is 10.1. The van der Waals surface area contributed by atoms with Crippen molar-refractivity contribution < 1.29 is 9.53 Å². The maximum absolute atomic E-state index is 11.3. The van der Waals surface area contributed by atoms with Crippen LogP contribution in [0.15, 0.2) is 42.7 Å². The summed E-state index contributed by atoms with van der Waals surface area (Å²) in [4.78, 5) is 22.6. The van der Waals surface area contributed by atoms with Gasteiger partial charge >= 0.3 is 0 Å². The number of amides is 1. The summed E-state index contributed by atoms with van der Waals surface area (Å²) in [7, 11) is 0. The van der Waals surface area contributed by atoms with Crippen molar-refractivity contribution in [1.82, 2.24) is 14.5 Å². The Labute approximate surface area is 170 Å². The Balaban J connectivity index is 1.43. The molecule has 0 atom stereocenters. The molecule has 4 rings (SSSR count). The molecular weight excluding hydrogens is 366 g/mol. The Hall–Kier alpha value is -3.09. The molecule has 1 saturated heterocycles. The summed E-state index contributed by atoms with van der Waals surface area (Å²) in [6.45, 7) is 6.19. The van der Waals surface area contributed by atoms with E-state index in [4.69, 9.17) is 15.5 Å². The van der Waals surface area contributed by atoms with Crippen LogP contribution in [0.2, 0.25) is 0 Å². The highest BCUT2D eigenvalue weighted by Gasteiger charge is 2.23. The van der Waals surface area contributed by atoms with Gasteiger partial charge < -0.3 is 19.9 Å². The minimum Gasteiger partial charge on any atom is -0.490 e. The van der Waals surface area contributed by atoms with Crippen molar-refractivity contribution in [1.29, 1.82) is 0 Å². The van der Waals surface area contributed by atoms with Gasteiger partial charge in [-0.05, 0) is 24.3 Å². The first kappa shape index (κ1) is 19.2. The van der Waals surface area contributed by atoms with Gasteiger partial charge in [-0.1, -0.05) is 19.9 Å². The first-order valence-corrected chi connectivity index (χ1v) is 10.1. The fraction of sp³-hybridized carbons (Fsp3) is 0.409. The number of anilines is 1. The number of nitrogens with zero attached hydrogens (tertiary/aromatic N) is 4. The van der Waals surface area contributed by atoms with Crippen molar-refractivity contribution in [2.45, 2.75) is 45.3 Å². The van der Waals surface area contributed by atoms with Crippen molar-refractivity contribution in [2.75, 3.05) is 18.0 Å². The summed E-state index contributed by atoms with van der Waals surface area (Å²) < 4.78 is 8.20. The number of fused-ring (bicyclic) bond motifs is 1. The third-order valence-corrected chi connectivity index (χ3v) is 5.34. The second kappa shape index (κ2) is 8.11. The van der Waals surface area contributed by atoms with Crippen molar-refractivity contribution in [3.8, 4) is 5.75 Å². The van der Waals surface area contributed by atoms with E-state index >= 15 is 0 Å². The molecule has 29 heavy (non-hydrogen) atoms. The van der Waals surface area contributed by atoms with Crippen LogP contribution in [-0.2, 0) is 11.3 Å². The lowest BCUT2D eigenvalue weighted by molar-refractivity contribution is -0.118. The Morgan fingerprint density at radius 2 is 2.03 bits per heavy atom. The quantitative estimate of drug-likeness (QED) is 0.695. The van der Waals surface area contributed by atoms with Crippen molar-refractivity contribution >= 4 is 22.6 Å². The fourth-order valence-corrected chi connectivity index (χ4v) is 3.80. The van der Waals surface area contributed by atoms with E-state index in [0.717, 1.165) is 54.2 Å². The molecule has 2 N–H and O–H groups in total. The number of primary amides is 1. The fourth-order valence-electron chi connectivity index (χ4n) is 3.80. The molecule has 0 unspecified atom stereocenters. The molecule has 2 aromatic heterocycles. The number of hydrogen-bond donors (Lipinski definition) is 1. The monoisotopic (exact) mass is 393 g/mol. The number of rotatable bonds is 6. The van der Waals surface area contributed by atoms with Crippen LogP contribution in [0.4, 0.5) is 5.82 Å². The molecule has 1 aromatic carbocycles. The van der Waals surface area contributed by atoms with Crippen molar-refractivity contribution in [3.63, 3.8) is 0 Å². The highest BCUT2D eigenvalue weighted by atomic mass is 16.5. The van der Waals surface area contributed by atoms with Crippen LogP contribution in [0.5, 0.6) is 5.75 Å². The second-order valence-corrected chi connectivity index (χ2v) is 7.83. The van der Waals surface area contributed by atoms with Crippen LogP contribution >= 0.6 is 0 Å². The van der Waals surface area contributed by atoms with Gasteiger partial charge in [-0.25, -0.2) is 9.97 Å². The van der Waals surface area contributed by atoms with E-state index in [1.165, 1.54) is 0 Å². The molecule has 0 spiro atoms. The first-order valence-electron chi connectivity index (χ1n) is 10.1. The zero-order valence-electron chi connectivity index (χ0n) is 16.9. The first-order chi connectivity index (χ1) is 14.0. The average Bonchev–Trinajstić information content (AvgIpc) is 3.12. The van der Waals surface area contributed by atoms with E-state index in [0.29, 0.717) is 5.92 Å². The van der Waals surface area contributed by atoms with Crippen LogP contribution in [-0.4, -0.2) is 39.6 Å². The Morgan fingerprint density at radius 3 is 2.76 bits per heavy atom. The number of ether oxygens (including phenoxy) is 1. The Bertz CT molecular complexity index is 1010. The minimum absolute atomic E-state index is 0.155. The number of piperidine rings is 1. The lowest BCUT2D eigenvalue weighted by Crippen LogP contribution is -2.38. The number of carbonyl (C=O) groups is 1. The van der Waals surface area contributed by atoms with E-state index in [-0.39, 0.29) is 18.6 Å².